The second kappa shape index (κ2) is 10.7. The molecule has 1 N–H and O–H groups in total. The molecule has 1 rings (SSSR count). The first-order valence-corrected chi connectivity index (χ1v) is 10.4. The van der Waals surface area contributed by atoms with Crippen LogP contribution in [0.1, 0.15) is 124 Å². The molecule has 1 saturated heterocycles. The topological polar surface area (TPSA) is 12.0 Å². The van der Waals surface area contributed by atoms with E-state index in [4.69, 9.17) is 0 Å². The Hall–Kier alpha value is -0.0400. The number of nitrogens with one attached hydrogen (secondary N) is 1. The second-order valence-corrected chi connectivity index (χ2v) is 7.91. The van der Waals surface area contributed by atoms with Gasteiger partial charge in [-0.05, 0) is 38.5 Å². The van der Waals surface area contributed by atoms with Crippen LogP contribution in [0.3, 0.4) is 0 Å². The summed E-state index contributed by atoms with van der Waals surface area (Å²) in [6.45, 7) is 9.38. The predicted octanol–water partition coefficient (Wildman–Crippen LogP) is 7.00. The van der Waals surface area contributed by atoms with Crippen molar-refractivity contribution >= 4 is 0 Å². The van der Waals surface area contributed by atoms with Gasteiger partial charge >= 0.3 is 0 Å². The van der Waals surface area contributed by atoms with E-state index in [1.165, 1.54) is 96.3 Å². The first-order chi connectivity index (χ1) is 10.7. The molecule has 1 heteroatoms. The van der Waals surface area contributed by atoms with E-state index in [2.05, 4.69) is 33.0 Å². The third-order valence-electron chi connectivity index (χ3n) is 6.07. The molecule has 1 aliphatic rings. The van der Waals surface area contributed by atoms with E-state index in [1.54, 1.807) is 0 Å². The number of rotatable bonds is 13. The molecule has 0 spiro atoms. The second-order valence-electron chi connectivity index (χ2n) is 7.91. The number of unbranched alkanes of at least 4 members (excludes halogenated alkanes) is 6. The van der Waals surface area contributed by atoms with Crippen molar-refractivity contribution in [3.63, 3.8) is 0 Å². The van der Waals surface area contributed by atoms with Gasteiger partial charge in [0.1, 0.15) is 0 Å². The fraction of sp³-hybridized carbons (Fsp3) is 1.00. The highest BCUT2D eigenvalue weighted by molar-refractivity contribution is 5.05. The zero-order valence-corrected chi connectivity index (χ0v) is 16.1. The lowest BCUT2D eigenvalue weighted by molar-refractivity contribution is 0.233. The molecule has 1 nitrogen and oxygen atoms in total. The van der Waals surface area contributed by atoms with Gasteiger partial charge < -0.3 is 5.32 Å². The van der Waals surface area contributed by atoms with Crippen molar-refractivity contribution in [3.05, 3.63) is 0 Å². The summed E-state index contributed by atoms with van der Waals surface area (Å²) in [4.78, 5) is 0. The lowest BCUT2D eigenvalue weighted by Crippen LogP contribution is -2.50. The molecule has 0 aromatic carbocycles. The van der Waals surface area contributed by atoms with Crippen LogP contribution in [-0.2, 0) is 0 Å². The third kappa shape index (κ3) is 6.22. The van der Waals surface area contributed by atoms with Crippen molar-refractivity contribution < 1.29 is 0 Å². The molecule has 1 aliphatic heterocycles. The maximum absolute atomic E-state index is 4.23. The fourth-order valence-electron chi connectivity index (χ4n) is 4.39. The van der Waals surface area contributed by atoms with Gasteiger partial charge in [0, 0.05) is 11.1 Å². The minimum absolute atomic E-state index is 0.465. The van der Waals surface area contributed by atoms with Gasteiger partial charge in [-0.25, -0.2) is 0 Å². The van der Waals surface area contributed by atoms with Crippen LogP contribution in [0.15, 0.2) is 0 Å². The van der Waals surface area contributed by atoms with Crippen LogP contribution in [0.2, 0.25) is 0 Å². The highest BCUT2D eigenvalue weighted by Gasteiger charge is 2.44. The van der Waals surface area contributed by atoms with Crippen molar-refractivity contribution in [1.82, 2.24) is 5.32 Å². The molecule has 0 bridgehead atoms. The van der Waals surface area contributed by atoms with Gasteiger partial charge in [0.2, 0.25) is 0 Å². The first-order valence-electron chi connectivity index (χ1n) is 10.4. The summed E-state index contributed by atoms with van der Waals surface area (Å²) in [5.74, 6) is 0. The van der Waals surface area contributed by atoms with E-state index in [9.17, 15) is 0 Å². The Kier molecular flexibility index (Phi) is 9.71. The Labute approximate surface area is 141 Å². The van der Waals surface area contributed by atoms with Gasteiger partial charge in [-0.1, -0.05) is 85.5 Å². The lowest BCUT2D eigenvalue weighted by Gasteiger charge is -2.36. The molecule has 2 unspecified atom stereocenters. The summed E-state index contributed by atoms with van der Waals surface area (Å²) in [5.41, 5.74) is 0.944. The highest BCUT2D eigenvalue weighted by Crippen LogP contribution is 2.42. The Morgan fingerprint density at radius 2 is 1.09 bits per heavy atom. The summed E-state index contributed by atoms with van der Waals surface area (Å²) >= 11 is 0. The maximum atomic E-state index is 4.23. The molecule has 1 fully saturated rings. The molecule has 0 radical (unpaired) electrons. The molecule has 1 heterocycles. The van der Waals surface area contributed by atoms with Crippen molar-refractivity contribution in [2.75, 3.05) is 0 Å². The van der Waals surface area contributed by atoms with E-state index < -0.39 is 0 Å². The minimum atomic E-state index is 0.465. The van der Waals surface area contributed by atoms with E-state index in [-0.39, 0.29) is 0 Å². The molecular weight excluding hydrogens is 266 g/mol. The Morgan fingerprint density at radius 1 is 0.591 bits per heavy atom. The predicted molar refractivity (Wildman–Crippen MR) is 101 cm³/mol. The van der Waals surface area contributed by atoms with Crippen LogP contribution in [0.25, 0.3) is 0 Å². The van der Waals surface area contributed by atoms with Crippen molar-refractivity contribution in [1.29, 1.82) is 0 Å². The monoisotopic (exact) mass is 309 g/mol. The first kappa shape index (κ1) is 20.0. The molecule has 0 aromatic rings. The molecule has 0 aliphatic carbocycles. The van der Waals surface area contributed by atoms with Gasteiger partial charge in [0.05, 0.1) is 0 Å². The Bertz CT molecular complexity index is 275. The van der Waals surface area contributed by atoms with E-state index >= 15 is 0 Å². The van der Waals surface area contributed by atoms with Crippen molar-refractivity contribution in [2.24, 2.45) is 0 Å². The highest BCUT2D eigenvalue weighted by atomic mass is 15.1. The molecular formula is C21H43N. The lowest BCUT2D eigenvalue weighted by atomic mass is 9.85. The largest absolute Gasteiger partial charge is 0.306 e. The average molecular weight is 310 g/mol. The normalized spacial score (nSPS) is 28.4. The van der Waals surface area contributed by atoms with Gasteiger partial charge in [-0.2, -0.15) is 0 Å². The Morgan fingerprint density at radius 3 is 1.68 bits per heavy atom. The maximum Gasteiger partial charge on any atom is 0.0187 e. The number of hydrogen-bond acceptors (Lipinski definition) is 1. The molecule has 0 aromatic heterocycles. The van der Waals surface area contributed by atoms with Gasteiger partial charge in [0.15, 0.2) is 0 Å². The molecule has 132 valence electrons. The zero-order valence-electron chi connectivity index (χ0n) is 16.1. The van der Waals surface area contributed by atoms with E-state index in [0.717, 1.165) is 0 Å². The van der Waals surface area contributed by atoms with E-state index in [0.29, 0.717) is 11.1 Å². The summed E-state index contributed by atoms with van der Waals surface area (Å²) in [6, 6.07) is 0. The van der Waals surface area contributed by atoms with Crippen LogP contribution >= 0.6 is 0 Å². The van der Waals surface area contributed by atoms with E-state index in [1.807, 2.05) is 0 Å². The minimum Gasteiger partial charge on any atom is -0.306 e. The third-order valence-corrected chi connectivity index (χ3v) is 6.07. The average Bonchev–Trinajstić information content (AvgIpc) is 2.91. The Balaban J connectivity index is 2.56. The summed E-state index contributed by atoms with van der Waals surface area (Å²) < 4.78 is 0. The molecule has 0 saturated carbocycles. The quantitative estimate of drug-likeness (QED) is 0.361. The smallest absolute Gasteiger partial charge is 0.0187 e. The van der Waals surface area contributed by atoms with Crippen LogP contribution < -0.4 is 5.32 Å². The van der Waals surface area contributed by atoms with Crippen molar-refractivity contribution in [3.8, 4) is 0 Å². The standard InChI is InChI=1S/C21H43N/c1-5-9-12-13-14-17-21(16-11-7-3)19-18-20(8-4,22-21)15-10-6-2/h22H,5-19H2,1-4H3. The van der Waals surface area contributed by atoms with Crippen molar-refractivity contribution in [2.45, 2.75) is 135 Å². The van der Waals surface area contributed by atoms with Crippen LogP contribution in [0, 0.1) is 0 Å². The molecule has 2 atom stereocenters. The van der Waals surface area contributed by atoms with Gasteiger partial charge in [0.25, 0.3) is 0 Å². The van der Waals surface area contributed by atoms with Crippen LogP contribution in [0.5, 0.6) is 0 Å². The van der Waals surface area contributed by atoms with Crippen LogP contribution in [-0.4, -0.2) is 11.1 Å². The molecule has 0 amide bonds. The van der Waals surface area contributed by atoms with Gasteiger partial charge in [-0.15, -0.1) is 0 Å². The summed E-state index contributed by atoms with van der Waals surface area (Å²) in [7, 11) is 0. The zero-order chi connectivity index (χ0) is 16.3. The van der Waals surface area contributed by atoms with Crippen LogP contribution in [0.4, 0.5) is 0 Å². The summed E-state index contributed by atoms with van der Waals surface area (Å²) in [6.07, 6.45) is 20.9. The molecule has 22 heavy (non-hydrogen) atoms. The van der Waals surface area contributed by atoms with Gasteiger partial charge in [-0.3, -0.25) is 0 Å². The fourth-order valence-corrected chi connectivity index (χ4v) is 4.39. The summed E-state index contributed by atoms with van der Waals surface area (Å²) in [5, 5.41) is 4.23. The number of hydrogen-bond donors (Lipinski definition) is 1. The SMILES string of the molecule is CCCCCCCC1(CCCC)CCC(CC)(CCCC)N1.